The van der Waals surface area contributed by atoms with Crippen molar-refractivity contribution in [2.75, 3.05) is 18.8 Å². The highest BCUT2D eigenvalue weighted by atomic mass is 32.2. The summed E-state index contributed by atoms with van der Waals surface area (Å²) in [5, 5.41) is 0. The van der Waals surface area contributed by atoms with Crippen molar-refractivity contribution in [2.24, 2.45) is 0 Å². The van der Waals surface area contributed by atoms with Crippen LogP contribution in [-0.2, 0) is 4.79 Å². The Labute approximate surface area is 143 Å². The maximum absolute atomic E-state index is 12.8. The van der Waals surface area contributed by atoms with Gasteiger partial charge in [0.15, 0.2) is 5.82 Å². The Morgan fingerprint density at radius 3 is 2.83 bits per heavy atom. The summed E-state index contributed by atoms with van der Waals surface area (Å²) in [7, 11) is 0. The second-order valence-electron chi connectivity index (χ2n) is 5.38. The maximum atomic E-state index is 12.8. The van der Waals surface area contributed by atoms with Crippen molar-refractivity contribution in [3.05, 3.63) is 42.7 Å². The van der Waals surface area contributed by atoms with Gasteiger partial charge in [-0.3, -0.25) is 9.78 Å². The number of hydrogen-bond donors (Lipinski definition) is 0. The number of amides is 1. The molecule has 1 aliphatic rings. The van der Waals surface area contributed by atoms with Gasteiger partial charge in [0.2, 0.25) is 5.91 Å². The van der Waals surface area contributed by atoms with Gasteiger partial charge in [0, 0.05) is 23.8 Å². The Balaban J connectivity index is 1.51. The number of thioether (sulfide) groups is 1. The van der Waals surface area contributed by atoms with Gasteiger partial charge in [0.25, 0.3) is 0 Å². The predicted molar refractivity (Wildman–Crippen MR) is 87.2 cm³/mol. The van der Waals surface area contributed by atoms with E-state index in [0.29, 0.717) is 12.3 Å². The van der Waals surface area contributed by atoms with Crippen LogP contribution in [0.4, 0.5) is 4.39 Å². The zero-order valence-electron chi connectivity index (χ0n) is 13.0. The molecule has 24 heavy (non-hydrogen) atoms. The number of carbonyl (C=O) groups is 1. The summed E-state index contributed by atoms with van der Waals surface area (Å²) in [6.07, 6.45) is 7.07. The van der Waals surface area contributed by atoms with Crippen molar-refractivity contribution in [1.29, 1.82) is 0 Å². The van der Waals surface area contributed by atoms with Gasteiger partial charge >= 0.3 is 6.01 Å². The van der Waals surface area contributed by atoms with Crippen LogP contribution in [0.2, 0.25) is 0 Å². The van der Waals surface area contributed by atoms with E-state index in [-0.39, 0.29) is 18.0 Å². The molecular formula is C16H17FN4O2S. The Hall–Kier alpha value is -2.22. The van der Waals surface area contributed by atoms with Crippen LogP contribution in [-0.4, -0.2) is 50.7 Å². The molecule has 1 fully saturated rings. The third-order valence-corrected chi connectivity index (χ3v) is 4.61. The number of piperidine rings is 1. The Morgan fingerprint density at radius 1 is 1.33 bits per heavy atom. The molecule has 0 aromatic carbocycles. The van der Waals surface area contributed by atoms with E-state index in [9.17, 15) is 9.18 Å². The molecule has 0 saturated carbocycles. The third kappa shape index (κ3) is 4.64. The number of halogens is 1. The fourth-order valence-electron chi connectivity index (χ4n) is 2.44. The lowest BCUT2D eigenvalue weighted by Gasteiger charge is -2.32. The summed E-state index contributed by atoms with van der Waals surface area (Å²) >= 11 is 1.49. The smallest absolute Gasteiger partial charge is 0.316 e. The molecule has 1 saturated heterocycles. The summed E-state index contributed by atoms with van der Waals surface area (Å²) in [4.78, 5) is 26.7. The van der Waals surface area contributed by atoms with Crippen LogP contribution in [0.1, 0.15) is 12.8 Å². The number of aromatic nitrogens is 3. The molecule has 1 atom stereocenters. The molecule has 126 valence electrons. The lowest BCUT2D eigenvalue weighted by molar-refractivity contribution is -0.131. The van der Waals surface area contributed by atoms with Crippen LogP contribution in [0, 0.1) is 5.82 Å². The molecule has 0 spiro atoms. The van der Waals surface area contributed by atoms with Gasteiger partial charge in [-0.1, -0.05) is 0 Å². The summed E-state index contributed by atoms with van der Waals surface area (Å²) < 4.78 is 18.5. The highest BCUT2D eigenvalue weighted by Gasteiger charge is 2.25. The Morgan fingerprint density at radius 2 is 2.08 bits per heavy atom. The third-order valence-electron chi connectivity index (χ3n) is 3.61. The van der Waals surface area contributed by atoms with Crippen molar-refractivity contribution in [3.8, 4) is 6.01 Å². The minimum atomic E-state index is -0.504. The number of rotatable bonds is 5. The minimum Gasteiger partial charge on any atom is -0.458 e. The van der Waals surface area contributed by atoms with E-state index < -0.39 is 5.82 Å². The lowest BCUT2D eigenvalue weighted by atomic mass is 10.1. The molecule has 2 aromatic heterocycles. The van der Waals surface area contributed by atoms with Crippen molar-refractivity contribution in [1.82, 2.24) is 19.9 Å². The molecule has 2 aromatic rings. The van der Waals surface area contributed by atoms with Crippen LogP contribution < -0.4 is 4.74 Å². The number of likely N-dealkylation sites (tertiary alicyclic amines) is 1. The topological polar surface area (TPSA) is 68.2 Å². The fourth-order valence-corrected chi connectivity index (χ4v) is 3.23. The average molecular weight is 348 g/mol. The maximum Gasteiger partial charge on any atom is 0.316 e. The summed E-state index contributed by atoms with van der Waals surface area (Å²) in [6, 6.07) is 3.90. The van der Waals surface area contributed by atoms with Gasteiger partial charge < -0.3 is 9.64 Å². The first kappa shape index (κ1) is 16.6. The van der Waals surface area contributed by atoms with Crippen LogP contribution in [0.25, 0.3) is 0 Å². The van der Waals surface area contributed by atoms with Gasteiger partial charge in [-0.05, 0) is 25.0 Å². The van der Waals surface area contributed by atoms with E-state index in [1.54, 1.807) is 17.3 Å². The first-order valence-electron chi connectivity index (χ1n) is 7.65. The first-order valence-corrected chi connectivity index (χ1v) is 8.64. The van der Waals surface area contributed by atoms with Crippen molar-refractivity contribution in [2.45, 2.75) is 23.8 Å². The molecule has 6 nitrogen and oxygen atoms in total. The first-order chi connectivity index (χ1) is 11.7. The molecule has 8 heteroatoms. The second-order valence-corrected chi connectivity index (χ2v) is 6.43. The van der Waals surface area contributed by atoms with Crippen LogP contribution >= 0.6 is 11.8 Å². The molecule has 1 aliphatic heterocycles. The quantitative estimate of drug-likeness (QED) is 0.772. The van der Waals surface area contributed by atoms with E-state index >= 15 is 0 Å². The highest BCUT2D eigenvalue weighted by molar-refractivity contribution is 8.00. The van der Waals surface area contributed by atoms with Gasteiger partial charge in [0.1, 0.15) is 6.10 Å². The number of nitrogens with zero attached hydrogens (tertiary/aromatic N) is 4. The standard InChI is InChI=1S/C16H17FN4O2S/c17-12-8-19-16(20-9-12)23-13-2-1-7-21(10-13)15(22)11-24-14-3-5-18-6-4-14/h3-6,8-9,13H,1-2,7,10-11H2. The number of pyridine rings is 1. The fraction of sp³-hybridized carbons (Fsp3) is 0.375. The van der Waals surface area contributed by atoms with Crippen LogP contribution in [0.15, 0.2) is 41.8 Å². The van der Waals surface area contributed by atoms with Crippen LogP contribution in [0.3, 0.4) is 0 Å². The molecule has 0 bridgehead atoms. The van der Waals surface area contributed by atoms with E-state index in [0.717, 1.165) is 36.7 Å². The molecule has 0 N–H and O–H groups in total. The zero-order valence-corrected chi connectivity index (χ0v) is 13.8. The molecule has 0 aliphatic carbocycles. The predicted octanol–water partition coefficient (Wildman–Crippen LogP) is 2.17. The minimum absolute atomic E-state index is 0.0742. The van der Waals surface area contributed by atoms with Crippen molar-refractivity contribution >= 4 is 17.7 Å². The van der Waals surface area contributed by atoms with Gasteiger partial charge in [-0.2, -0.15) is 0 Å². The summed E-state index contributed by atoms with van der Waals surface area (Å²) in [5.74, 6) is -0.0508. The second kappa shape index (κ2) is 8.05. The largest absolute Gasteiger partial charge is 0.458 e. The number of carbonyl (C=O) groups excluding carboxylic acids is 1. The van der Waals surface area contributed by atoms with Gasteiger partial charge in [-0.15, -0.1) is 11.8 Å². The highest BCUT2D eigenvalue weighted by Crippen LogP contribution is 2.20. The van der Waals surface area contributed by atoms with E-state index in [1.165, 1.54) is 11.8 Å². The van der Waals surface area contributed by atoms with E-state index in [1.807, 2.05) is 12.1 Å². The SMILES string of the molecule is O=C(CSc1ccncc1)N1CCCC(Oc2ncc(F)cn2)C1. The molecule has 3 heterocycles. The number of ether oxygens (including phenoxy) is 1. The molecule has 1 amide bonds. The molecule has 3 rings (SSSR count). The van der Waals surface area contributed by atoms with E-state index in [2.05, 4.69) is 15.0 Å². The van der Waals surface area contributed by atoms with Crippen LogP contribution in [0.5, 0.6) is 6.01 Å². The van der Waals surface area contributed by atoms with Crippen molar-refractivity contribution < 1.29 is 13.9 Å². The normalized spacial score (nSPS) is 17.5. The molecule has 1 unspecified atom stereocenters. The Bertz CT molecular complexity index is 672. The van der Waals surface area contributed by atoms with Crippen molar-refractivity contribution in [3.63, 3.8) is 0 Å². The van der Waals surface area contributed by atoms with E-state index in [4.69, 9.17) is 4.74 Å². The molecular weight excluding hydrogens is 331 g/mol. The summed E-state index contributed by atoms with van der Waals surface area (Å²) in [5.41, 5.74) is 0. The summed E-state index contributed by atoms with van der Waals surface area (Å²) in [6.45, 7) is 1.22. The molecule has 0 radical (unpaired) electrons. The average Bonchev–Trinajstić information content (AvgIpc) is 2.63. The Kier molecular flexibility index (Phi) is 5.58. The van der Waals surface area contributed by atoms with Gasteiger partial charge in [-0.25, -0.2) is 14.4 Å². The number of hydrogen-bond acceptors (Lipinski definition) is 6. The van der Waals surface area contributed by atoms with Gasteiger partial charge in [0.05, 0.1) is 24.7 Å². The lowest BCUT2D eigenvalue weighted by Crippen LogP contribution is -2.45. The monoisotopic (exact) mass is 348 g/mol. The zero-order chi connectivity index (χ0) is 16.8.